The number of nitrogens with one attached hydrogen (secondary N) is 3. The fourth-order valence-electron chi connectivity index (χ4n) is 4.17. The molecule has 0 saturated carbocycles. The molecule has 7 nitrogen and oxygen atoms in total. The zero-order chi connectivity index (χ0) is 25.7. The second-order valence-corrected chi connectivity index (χ2v) is 8.85. The molecular formula is C26H32F2N4O3. The Bertz CT molecular complexity index is 1070. The molecule has 188 valence electrons. The summed E-state index contributed by atoms with van der Waals surface area (Å²) in [6, 6.07) is 7.99. The number of nitrogens with zero attached hydrogens (tertiary/aromatic N) is 1. The Kier molecular flexibility index (Phi) is 8.56. The van der Waals surface area contributed by atoms with E-state index in [4.69, 9.17) is 0 Å². The van der Waals surface area contributed by atoms with Crippen LogP contribution in [0.15, 0.2) is 42.5 Å². The van der Waals surface area contributed by atoms with Crippen LogP contribution in [-0.4, -0.2) is 48.3 Å². The molecule has 35 heavy (non-hydrogen) atoms. The highest BCUT2D eigenvalue weighted by molar-refractivity contribution is 6.00. The zero-order valence-electron chi connectivity index (χ0n) is 20.4. The molecule has 3 amide bonds. The summed E-state index contributed by atoms with van der Waals surface area (Å²) < 4.78 is 28.5. The summed E-state index contributed by atoms with van der Waals surface area (Å²) in [6.07, 6.45) is 1.13. The Morgan fingerprint density at radius 2 is 1.71 bits per heavy atom. The third-order valence-corrected chi connectivity index (χ3v) is 6.63. The molecule has 1 heterocycles. The third kappa shape index (κ3) is 5.67. The lowest BCUT2D eigenvalue weighted by molar-refractivity contribution is -0.144. The van der Waals surface area contributed by atoms with Gasteiger partial charge in [-0.3, -0.25) is 14.4 Å². The van der Waals surface area contributed by atoms with Gasteiger partial charge in [0.1, 0.15) is 29.4 Å². The molecule has 0 bridgehead atoms. The minimum atomic E-state index is -1.11. The highest BCUT2D eigenvalue weighted by Gasteiger charge is 2.40. The molecule has 1 unspecified atom stereocenters. The lowest BCUT2D eigenvalue weighted by Crippen LogP contribution is -2.57. The van der Waals surface area contributed by atoms with E-state index < -0.39 is 47.3 Å². The van der Waals surface area contributed by atoms with Gasteiger partial charge < -0.3 is 20.9 Å². The molecule has 3 N–H and O–H groups in total. The quantitative estimate of drug-likeness (QED) is 0.535. The van der Waals surface area contributed by atoms with Crippen LogP contribution in [-0.2, 0) is 20.8 Å². The summed E-state index contributed by atoms with van der Waals surface area (Å²) in [7, 11) is 1.65. The molecule has 2 aromatic carbocycles. The van der Waals surface area contributed by atoms with Gasteiger partial charge in [-0.1, -0.05) is 50.6 Å². The van der Waals surface area contributed by atoms with Gasteiger partial charge in [0, 0.05) is 6.54 Å². The van der Waals surface area contributed by atoms with E-state index >= 15 is 0 Å². The first-order valence-corrected chi connectivity index (χ1v) is 11.8. The van der Waals surface area contributed by atoms with E-state index in [9.17, 15) is 23.2 Å². The van der Waals surface area contributed by atoms with Crippen molar-refractivity contribution in [1.82, 2.24) is 15.5 Å². The van der Waals surface area contributed by atoms with Crippen LogP contribution in [0, 0.1) is 17.6 Å². The number of rotatable bonds is 8. The molecule has 2 aromatic rings. The summed E-state index contributed by atoms with van der Waals surface area (Å²) in [5.41, 5.74) is 0.889. The molecule has 0 aliphatic carbocycles. The first kappa shape index (κ1) is 26.3. The number of fused-ring (bicyclic) bond motifs is 1. The van der Waals surface area contributed by atoms with Crippen LogP contribution in [0.4, 0.5) is 14.5 Å². The molecule has 0 radical (unpaired) electrons. The highest BCUT2D eigenvalue weighted by atomic mass is 19.1. The Hall–Kier alpha value is -3.33. The van der Waals surface area contributed by atoms with Crippen molar-refractivity contribution < 1.29 is 23.2 Å². The largest absolute Gasteiger partial charge is 0.343 e. The van der Waals surface area contributed by atoms with Gasteiger partial charge in [-0.05, 0) is 49.6 Å². The van der Waals surface area contributed by atoms with E-state index in [-0.39, 0.29) is 18.4 Å². The number of anilines is 1. The van der Waals surface area contributed by atoms with Crippen molar-refractivity contribution in [2.75, 3.05) is 18.9 Å². The predicted molar refractivity (Wildman–Crippen MR) is 129 cm³/mol. The summed E-state index contributed by atoms with van der Waals surface area (Å²) in [5.74, 6) is -3.51. The first-order valence-electron chi connectivity index (χ1n) is 11.8. The molecule has 0 aromatic heterocycles. The van der Waals surface area contributed by atoms with Crippen LogP contribution >= 0.6 is 0 Å². The van der Waals surface area contributed by atoms with Gasteiger partial charge in [-0.25, -0.2) is 8.78 Å². The minimum Gasteiger partial charge on any atom is -0.343 e. The van der Waals surface area contributed by atoms with Gasteiger partial charge >= 0.3 is 0 Å². The number of halogens is 2. The average molecular weight is 487 g/mol. The summed E-state index contributed by atoms with van der Waals surface area (Å²) in [4.78, 5) is 41.3. The Balaban J connectivity index is 1.98. The van der Waals surface area contributed by atoms with Crippen molar-refractivity contribution in [3.8, 4) is 0 Å². The van der Waals surface area contributed by atoms with Gasteiger partial charge in [-0.15, -0.1) is 0 Å². The maximum Gasteiger partial charge on any atom is 0.251 e. The summed E-state index contributed by atoms with van der Waals surface area (Å²) in [5, 5.41) is 8.02. The lowest BCUT2D eigenvalue weighted by atomic mass is 9.89. The van der Waals surface area contributed by atoms with Crippen LogP contribution in [0.5, 0.6) is 0 Å². The number of carbonyl (C=O) groups excluding carboxylic acids is 3. The SMILES string of the molecule is CC[C@H](C)[C@H](NC(=O)C(C)NC)C(=O)N1CCc2ccccc2[C@H]1C(=O)Nc1c(F)cccc1F. The van der Waals surface area contributed by atoms with Gasteiger partial charge in [0.15, 0.2) is 0 Å². The third-order valence-electron chi connectivity index (χ3n) is 6.63. The second-order valence-electron chi connectivity index (χ2n) is 8.85. The van der Waals surface area contributed by atoms with E-state index in [1.807, 2.05) is 26.0 Å². The van der Waals surface area contributed by atoms with Crippen molar-refractivity contribution in [3.63, 3.8) is 0 Å². The fourth-order valence-corrected chi connectivity index (χ4v) is 4.17. The molecular weight excluding hydrogens is 454 g/mol. The number of hydrogen-bond acceptors (Lipinski definition) is 4. The smallest absolute Gasteiger partial charge is 0.251 e. The van der Waals surface area contributed by atoms with Gasteiger partial charge in [0.25, 0.3) is 5.91 Å². The maximum absolute atomic E-state index is 14.3. The summed E-state index contributed by atoms with van der Waals surface area (Å²) in [6.45, 7) is 5.67. The number of benzene rings is 2. The number of likely N-dealkylation sites (N-methyl/N-ethyl adjacent to an activating group) is 1. The van der Waals surface area contributed by atoms with E-state index in [1.165, 1.54) is 11.0 Å². The van der Waals surface area contributed by atoms with E-state index in [1.54, 1.807) is 26.1 Å². The molecule has 0 saturated heterocycles. The van der Waals surface area contributed by atoms with Crippen LogP contribution in [0.25, 0.3) is 0 Å². The van der Waals surface area contributed by atoms with Crippen molar-refractivity contribution >= 4 is 23.4 Å². The molecule has 1 aliphatic heterocycles. The molecule has 3 rings (SSSR count). The number of amides is 3. The molecule has 0 fully saturated rings. The van der Waals surface area contributed by atoms with Gasteiger partial charge in [0.2, 0.25) is 11.8 Å². The fraction of sp³-hybridized carbons (Fsp3) is 0.423. The lowest BCUT2D eigenvalue weighted by Gasteiger charge is -2.39. The maximum atomic E-state index is 14.3. The summed E-state index contributed by atoms with van der Waals surface area (Å²) >= 11 is 0. The standard InChI is InChI=1S/C26H32F2N4O3/c1-5-15(2)21(30-24(33)16(3)29-4)26(35)32-14-13-17-9-6-7-10-18(17)23(32)25(34)31-22-19(27)11-8-12-20(22)28/h6-12,15-16,21,23,29H,5,13-14H2,1-4H3,(H,30,33)(H,31,34)/t15-,16?,21-,23-/m0/s1. The van der Waals surface area contributed by atoms with E-state index in [0.29, 0.717) is 18.4 Å². The van der Waals surface area contributed by atoms with Gasteiger partial charge in [0.05, 0.1) is 6.04 Å². The average Bonchev–Trinajstić information content (AvgIpc) is 2.87. The normalized spacial score (nSPS) is 17.7. The van der Waals surface area contributed by atoms with Crippen LogP contribution in [0.3, 0.4) is 0 Å². The van der Waals surface area contributed by atoms with Crippen LogP contribution in [0.1, 0.15) is 44.4 Å². The molecule has 4 atom stereocenters. The number of carbonyl (C=O) groups is 3. The number of hydrogen-bond donors (Lipinski definition) is 3. The van der Waals surface area contributed by atoms with Crippen molar-refractivity contribution in [1.29, 1.82) is 0 Å². The van der Waals surface area contributed by atoms with E-state index in [2.05, 4.69) is 16.0 Å². The molecule has 0 spiro atoms. The Morgan fingerprint density at radius 1 is 1.06 bits per heavy atom. The Morgan fingerprint density at radius 3 is 2.34 bits per heavy atom. The van der Waals surface area contributed by atoms with Crippen LogP contribution in [0.2, 0.25) is 0 Å². The monoisotopic (exact) mass is 486 g/mol. The topological polar surface area (TPSA) is 90.5 Å². The van der Waals surface area contributed by atoms with Gasteiger partial charge in [-0.2, -0.15) is 0 Å². The number of para-hydroxylation sites is 1. The van der Waals surface area contributed by atoms with Crippen molar-refractivity contribution in [2.24, 2.45) is 5.92 Å². The molecule has 9 heteroatoms. The zero-order valence-corrected chi connectivity index (χ0v) is 20.4. The van der Waals surface area contributed by atoms with E-state index in [0.717, 1.165) is 17.7 Å². The van der Waals surface area contributed by atoms with Crippen LogP contribution < -0.4 is 16.0 Å². The Labute approximate surface area is 204 Å². The predicted octanol–water partition coefficient (Wildman–Crippen LogP) is 3.17. The van der Waals surface area contributed by atoms with Crippen molar-refractivity contribution in [3.05, 3.63) is 65.2 Å². The highest BCUT2D eigenvalue weighted by Crippen LogP contribution is 2.33. The minimum absolute atomic E-state index is 0.208. The second kappa shape index (κ2) is 11.4. The first-order chi connectivity index (χ1) is 16.7. The molecule has 1 aliphatic rings. The van der Waals surface area contributed by atoms with Crippen molar-refractivity contribution in [2.45, 2.75) is 51.7 Å².